The van der Waals surface area contributed by atoms with Crippen LogP contribution in [0.4, 0.5) is 17.5 Å². The van der Waals surface area contributed by atoms with Crippen LogP contribution in [-0.4, -0.2) is 71.5 Å². The number of aromatic nitrogens is 2. The molecule has 4 rings (SSSR count). The van der Waals surface area contributed by atoms with E-state index in [4.69, 9.17) is 20.3 Å². The van der Waals surface area contributed by atoms with Crippen LogP contribution in [0.3, 0.4) is 0 Å². The molecule has 2 fully saturated rings. The molecule has 2 saturated heterocycles. The second kappa shape index (κ2) is 6.90. The van der Waals surface area contributed by atoms with E-state index in [2.05, 4.69) is 18.8 Å². The number of anilines is 3. The highest BCUT2D eigenvalue weighted by molar-refractivity contribution is 8.08. The molecule has 162 valence electrons. The molecule has 19 heteroatoms. The van der Waals surface area contributed by atoms with Crippen molar-refractivity contribution in [2.75, 3.05) is 21.5 Å². The van der Waals surface area contributed by atoms with Crippen LogP contribution >= 0.6 is 27.6 Å². The average molecular weight is 475 g/mol. The topological polar surface area (TPSA) is 241 Å². The van der Waals surface area contributed by atoms with Crippen molar-refractivity contribution < 1.29 is 47.6 Å². The molecule has 16 nitrogen and oxygen atoms in total. The van der Waals surface area contributed by atoms with Crippen molar-refractivity contribution in [1.82, 2.24) is 9.97 Å². The SMILES string of the molecule is Nc1nc2c(c(=O)[nH]1)N1S[C@H]1N2[C@@H]1O[C@H](COP(=O)(O)OP(=O)(O)O)[C@@H](O)[C@H]1O. The molecule has 1 aromatic rings. The lowest BCUT2D eigenvalue weighted by Crippen LogP contribution is -2.45. The number of phosphoric acid groups is 2. The van der Waals surface area contributed by atoms with Crippen molar-refractivity contribution in [3.05, 3.63) is 10.4 Å². The van der Waals surface area contributed by atoms with Crippen molar-refractivity contribution >= 4 is 45.0 Å². The van der Waals surface area contributed by atoms with Gasteiger partial charge in [-0.2, -0.15) is 9.29 Å². The first-order valence-corrected chi connectivity index (χ1v) is 11.6. The molecule has 29 heavy (non-hydrogen) atoms. The van der Waals surface area contributed by atoms with Gasteiger partial charge in [-0.05, 0) is 0 Å². The highest BCUT2D eigenvalue weighted by atomic mass is 32.2. The fourth-order valence-electron chi connectivity index (χ4n) is 3.03. The normalized spacial score (nSPS) is 32.8. The van der Waals surface area contributed by atoms with E-state index in [1.807, 2.05) is 0 Å². The number of hydrogen-bond donors (Lipinski definition) is 7. The number of aliphatic hydroxyl groups is 2. The van der Waals surface area contributed by atoms with E-state index < -0.39 is 57.8 Å². The quantitative estimate of drug-likeness (QED) is 0.129. The number of phosphoric ester groups is 1. The molecular weight excluding hydrogens is 460 g/mol. The fourth-order valence-corrected chi connectivity index (χ4v) is 5.57. The van der Waals surface area contributed by atoms with Crippen molar-refractivity contribution in [1.29, 1.82) is 0 Å². The molecule has 3 aliphatic heterocycles. The number of H-pyrrole nitrogens is 1. The second-order valence-corrected chi connectivity index (χ2v) is 10.0. The maximum absolute atomic E-state index is 12.1. The molecule has 0 amide bonds. The summed E-state index contributed by atoms with van der Waals surface area (Å²) in [5.74, 6) is -0.0551. The van der Waals surface area contributed by atoms with Gasteiger partial charge in [0.1, 0.15) is 18.3 Å². The number of nitrogens with zero attached hydrogens (tertiary/aromatic N) is 3. The number of rotatable bonds is 6. The van der Waals surface area contributed by atoms with E-state index in [0.29, 0.717) is 0 Å². The summed E-state index contributed by atoms with van der Waals surface area (Å²) in [5.41, 5.74) is 4.79. The summed E-state index contributed by atoms with van der Waals surface area (Å²) in [6, 6.07) is 0. The summed E-state index contributed by atoms with van der Waals surface area (Å²) in [4.78, 5) is 46.4. The molecule has 0 aromatic carbocycles. The Morgan fingerprint density at radius 1 is 1.28 bits per heavy atom. The molecule has 0 bridgehead atoms. The molecule has 0 spiro atoms. The standard InChI is InChI=1S/C10H15N5O11P2S/c11-9-12-6-3(7(18)13-9)15-10(29-15)14(6)8-5(17)4(16)2(25-8)1-24-28(22,23)26-27(19,20)21/h2,4-5,8,10,16-17H,1H2,(H,22,23)(H2,19,20,21)(H3,11,12,13,18)/t2-,4-,5-,8-,10+,15?/m1/s1. The van der Waals surface area contributed by atoms with Gasteiger partial charge in [0.25, 0.3) is 5.56 Å². The third-order valence-electron chi connectivity index (χ3n) is 4.18. The van der Waals surface area contributed by atoms with Gasteiger partial charge in [-0.15, -0.1) is 0 Å². The summed E-state index contributed by atoms with van der Waals surface area (Å²) < 4.78 is 37.4. The Labute approximate surface area is 165 Å². The van der Waals surface area contributed by atoms with Gasteiger partial charge in [-0.25, -0.2) is 9.13 Å². The lowest BCUT2D eigenvalue weighted by Gasteiger charge is -2.27. The summed E-state index contributed by atoms with van der Waals surface area (Å²) in [7, 11) is -10.5. The molecule has 0 saturated carbocycles. The van der Waals surface area contributed by atoms with Gasteiger partial charge in [0.15, 0.2) is 23.2 Å². The fraction of sp³-hybridized carbons (Fsp3) is 0.600. The smallest absolute Gasteiger partial charge is 0.387 e. The predicted octanol–water partition coefficient (Wildman–Crippen LogP) is -2.40. The molecule has 1 unspecified atom stereocenters. The molecule has 4 heterocycles. The Balaban J connectivity index is 1.50. The molecular formula is C10H15N5O11P2S. The third kappa shape index (κ3) is 3.92. The monoisotopic (exact) mass is 475 g/mol. The van der Waals surface area contributed by atoms with Crippen LogP contribution in [0.25, 0.3) is 0 Å². The first-order valence-electron chi connectivity index (χ1n) is 7.78. The summed E-state index contributed by atoms with van der Waals surface area (Å²) in [6.45, 7) is -0.838. The van der Waals surface area contributed by atoms with Crippen LogP contribution in [0, 0.1) is 0 Å². The van der Waals surface area contributed by atoms with Gasteiger partial charge in [0.05, 0.1) is 6.61 Å². The maximum Gasteiger partial charge on any atom is 0.481 e. The van der Waals surface area contributed by atoms with Gasteiger partial charge >= 0.3 is 15.6 Å². The summed E-state index contributed by atoms with van der Waals surface area (Å²) in [6.07, 6.45) is -5.73. The number of nitrogens with two attached hydrogens (primary N) is 1. The second-order valence-electron chi connectivity index (χ2n) is 6.17. The van der Waals surface area contributed by atoms with E-state index in [1.165, 1.54) is 16.8 Å². The number of ether oxygens (including phenoxy) is 1. The minimum atomic E-state index is -5.31. The molecule has 8 N–H and O–H groups in total. The van der Waals surface area contributed by atoms with Crippen LogP contribution in [0.2, 0.25) is 0 Å². The average Bonchev–Trinajstić information content (AvgIpc) is 3.19. The first kappa shape index (κ1) is 21.0. The molecule has 6 atom stereocenters. The Hall–Kier alpha value is -1.23. The van der Waals surface area contributed by atoms with Gasteiger partial charge in [-0.3, -0.25) is 23.5 Å². The Morgan fingerprint density at radius 2 is 1.97 bits per heavy atom. The van der Waals surface area contributed by atoms with Crippen LogP contribution in [0.1, 0.15) is 0 Å². The van der Waals surface area contributed by atoms with E-state index in [-0.39, 0.29) is 17.5 Å². The van der Waals surface area contributed by atoms with Crippen molar-refractivity contribution in [2.45, 2.75) is 30.0 Å². The number of aliphatic hydroxyl groups excluding tert-OH is 2. The number of hydrogen-bond acceptors (Lipinski definition) is 13. The minimum Gasteiger partial charge on any atom is -0.387 e. The van der Waals surface area contributed by atoms with Crippen LogP contribution < -0.4 is 20.5 Å². The van der Waals surface area contributed by atoms with Gasteiger partial charge < -0.3 is 35.4 Å². The lowest BCUT2D eigenvalue weighted by atomic mass is 10.1. The summed E-state index contributed by atoms with van der Waals surface area (Å²) in [5, 5.41) is 20.6. The largest absolute Gasteiger partial charge is 0.481 e. The Morgan fingerprint density at radius 3 is 2.62 bits per heavy atom. The molecule has 0 aliphatic carbocycles. The van der Waals surface area contributed by atoms with E-state index in [1.54, 1.807) is 4.31 Å². The Bertz CT molecular complexity index is 987. The van der Waals surface area contributed by atoms with Crippen molar-refractivity contribution in [2.24, 2.45) is 0 Å². The zero-order chi connectivity index (χ0) is 21.3. The van der Waals surface area contributed by atoms with Crippen LogP contribution in [0.5, 0.6) is 0 Å². The van der Waals surface area contributed by atoms with E-state index in [0.717, 1.165) is 0 Å². The number of fused-ring (bicyclic) bond motifs is 3. The van der Waals surface area contributed by atoms with Crippen molar-refractivity contribution in [3.8, 4) is 0 Å². The predicted molar refractivity (Wildman–Crippen MR) is 95.2 cm³/mol. The third-order valence-corrected chi connectivity index (χ3v) is 7.36. The Kier molecular flexibility index (Phi) is 5.00. The van der Waals surface area contributed by atoms with E-state index >= 15 is 0 Å². The number of nitrogens with one attached hydrogen (secondary N) is 1. The van der Waals surface area contributed by atoms with Crippen LogP contribution in [0.15, 0.2) is 4.79 Å². The van der Waals surface area contributed by atoms with Crippen LogP contribution in [-0.2, 0) is 22.7 Å². The van der Waals surface area contributed by atoms with Gasteiger partial charge in [0, 0.05) is 11.9 Å². The van der Waals surface area contributed by atoms with Gasteiger partial charge in [-0.1, -0.05) is 0 Å². The highest BCUT2D eigenvalue weighted by Gasteiger charge is 2.59. The number of nitrogen functional groups attached to an aromatic ring is 1. The zero-order valence-corrected chi connectivity index (χ0v) is 16.6. The summed E-state index contributed by atoms with van der Waals surface area (Å²) >= 11 is 1.23. The van der Waals surface area contributed by atoms with Gasteiger partial charge in [0.2, 0.25) is 5.95 Å². The molecule has 3 aliphatic rings. The van der Waals surface area contributed by atoms with E-state index in [9.17, 15) is 29.0 Å². The lowest BCUT2D eigenvalue weighted by molar-refractivity contribution is -0.0218. The number of aromatic amines is 1. The highest BCUT2D eigenvalue weighted by Crippen LogP contribution is 2.59. The molecule has 0 radical (unpaired) electrons. The zero-order valence-electron chi connectivity index (χ0n) is 14.0. The van der Waals surface area contributed by atoms with Crippen molar-refractivity contribution in [3.63, 3.8) is 0 Å². The molecule has 1 aromatic heterocycles. The minimum absolute atomic E-state index is 0.116. The maximum atomic E-state index is 12.1. The first-order chi connectivity index (χ1) is 13.4.